The highest BCUT2D eigenvalue weighted by atomic mass is 16.4. The van der Waals surface area contributed by atoms with Crippen molar-refractivity contribution in [3.63, 3.8) is 0 Å². The van der Waals surface area contributed by atoms with Gasteiger partial charge in [0.15, 0.2) is 0 Å². The molecule has 1 heterocycles. The van der Waals surface area contributed by atoms with Gasteiger partial charge < -0.3 is 25.5 Å². The molecule has 0 aromatic heterocycles. The Morgan fingerprint density at radius 3 is 2.21 bits per heavy atom. The molecule has 1 aliphatic rings. The molecule has 1 rings (SSSR count). The lowest BCUT2D eigenvalue weighted by Gasteiger charge is -2.42. The van der Waals surface area contributed by atoms with Crippen LogP contribution in [0.1, 0.15) is 0 Å². The smallest absolute Gasteiger partial charge is 0.109 e. The van der Waals surface area contributed by atoms with Crippen molar-refractivity contribution in [1.29, 1.82) is 0 Å². The van der Waals surface area contributed by atoms with Gasteiger partial charge in [-0.2, -0.15) is 0 Å². The Balaban J connectivity index is 2.66. The summed E-state index contributed by atoms with van der Waals surface area (Å²) >= 11 is 0. The second-order valence-corrected chi connectivity index (χ2v) is 3.52. The van der Waals surface area contributed by atoms with Crippen LogP contribution in [0.4, 0.5) is 0 Å². The largest absolute Gasteiger partial charge is 0.395 e. The maximum absolute atomic E-state index is 9.51. The third-order valence-electron chi connectivity index (χ3n) is 2.60. The fraction of sp³-hybridized carbons (Fsp3) is 1.00. The van der Waals surface area contributed by atoms with Crippen molar-refractivity contribution in [3.8, 4) is 0 Å². The van der Waals surface area contributed by atoms with Crippen LogP contribution in [-0.4, -0.2) is 81.1 Å². The summed E-state index contributed by atoms with van der Waals surface area (Å²) in [6.45, 7) is -0.0347. The Bertz CT molecular complexity index is 179. The maximum atomic E-state index is 9.51. The van der Waals surface area contributed by atoms with Crippen molar-refractivity contribution in [1.82, 2.24) is 4.90 Å². The highest BCUT2D eigenvalue weighted by Gasteiger charge is 2.40. The molecule has 0 spiro atoms. The normalized spacial score (nSPS) is 40.1. The number of nitrogens with zero attached hydrogens (tertiary/aromatic N) is 1. The molecule has 6 nitrogen and oxygen atoms in total. The molecule has 1 fully saturated rings. The van der Waals surface area contributed by atoms with Gasteiger partial charge in [0.25, 0.3) is 0 Å². The van der Waals surface area contributed by atoms with Crippen LogP contribution < -0.4 is 0 Å². The van der Waals surface area contributed by atoms with Crippen molar-refractivity contribution in [2.24, 2.45) is 0 Å². The standard InChI is InChI=1S/C8H17NO5/c10-2-1-9-3-6(12)8(14)7(13)5(9)4-11/h5-8,10-14H,1-4H2/t5?,6-,7?,8-/m1/s1. The monoisotopic (exact) mass is 207 g/mol. The molecular weight excluding hydrogens is 190 g/mol. The first-order valence-electron chi connectivity index (χ1n) is 4.61. The SMILES string of the molecule is OCCN1C[C@@H](O)[C@@H](O)C(O)C1CO. The zero-order valence-electron chi connectivity index (χ0n) is 7.82. The molecule has 0 aromatic rings. The van der Waals surface area contributed by atoms with Crippen LogP contribution in [0, 0.1) is 0 Å². The number of likely N-dealkylation sites (tertiary alicyclic amines) is 1. The van der Waals surface area contributed by atoms with Gasteiger partial charge >= 0.3 is 0 Å². The molecule has 0 saturated carbocycles. The van der Waals surface area contributed by atoms with Crippen molar-refractivity contribution in [2.45, 2.75) is 24.4 Å². The number of hydrogen-bond donors (Lipinski definition) is 5. The molecule has 4 atom stereocenters. The lowest BCUT2D eigenvalue weighted by molar-refractivity contribution is -0.146. The van der Waals surface area contributed by atoms with Gasteiger partial charge in [-0.1, -0.05) is 0 Å². The number of aliphatic hydroxyl groups is 5. The van der Waals surface area contributed by atoms with E-state index >= 15 is 0 Å². The van der Waals surface area contributed by atoms with Gasteiger partial charge in [-0.05, 0) is 0 Å². The first-order chi connectivity index (χ1) is 6.61. The summed E-state index contributed by atoms with van der Waals surface area (Å²) in [6, 6.07) is -0.624. The van der Waals surface area contributed by atoms with Gasteiger partial charge in [0.05, 0.1) is 25.4 Å². The molecule has 5 N–H and O–H groups in total. The summed E-state index contributed by atoms with van der Waals surface area (Å²) in [6.07, 6.45) is -3.46. The summed E-state index contributed by atoms with van der Waals surface area (Å²) in [7, 11) is 0. The minimum atomic E-state index is -1.23. The fourth-order valence-corrected chi connectivity index (χ4v) is 1.76. The molecule has 0 radical (unpaired) electrons. The number of rotatable bonds is 3. The molecule has 1 aliphatic heterocycles. The van der Waals surface area contributed by atoms with Crippen molar-refractivity contribution >= 4 is 0 Å². The zero-order chi connectivity index (χ0) is 10.7. The van der Waals surface area contributed by atoms with Gasteiger partial charge in [-0.25, -0.2) is 0 Å². The van der Waals surface area contributed by atoms with E-state index in [1.807, 2.05) is 0 Å². The average molecular weight is 207 g/mol. The molecule has 1 saturated heterocycles. The second-order valence-electron chi connectivity index (χ2n) is 3.52. The quantitative estimate of drug-likeness (QED) is 0.333. The summed E-state index contributed by atoms with van der Waals surface area (Å²) in [5.74, 6) is 0. The molecule has 0 aromatic carbocycles. The first-order valence-corrected chi connectivity index (χ1v) is 4.61. The van der Waals surface area contributed by atoms with Crippen LogP contribution in [0.2, 0.25) is 0 Å². The van der Waals surface area contributed by atoms with Crippen LogP contribution in [0.15, 0.2) is 0 Å². The molecule has 0 aliphatic carbocycles. The average Bonchev–Trinajstić information content (AvgIpc) is 2.16. The second kappa shape index (κ2) is 5.01. The third-order valence-corrected chi connectivity index (χ3v) is 2.60. The van der Waals surface area contributed by atoms with Gasteiger partial charge in [0, 0.05) is 13.1 Å². The number of hydrogen-bond acceptors (Lipinski definition) is 6. The highest BCUT2D eigenvalue weighted by Crippen LogP contribution is 2.18. The molecule has 14 heavy (non-hydrogen) atoms. The van der Waals surface area contributed by atoms with E-state index in [0.29, 0.717) is 0 Å². The van der Waals surface area contributed by atoms with Crippen molar-refractivity contribution < 1.29 is 25.5 Å². The molecule has 0 amide bonds. The summed E-state index contributed by atoms with van der Waals surface area (Å²) in [5.41, 5.74) is 0. The van der Waals surface area contributed by atoms with E-state index in [4.69, 9.17) is 10.2 Å². The Morgan fingerprint density at radius 2 is 1.71 bits per heavy atom. The zero-order valence-corrected chi connectivity index (χ0v) is 7.82. The van der Waals surface area contributed by atoms with Gasteiger partial charge in [0.1, 0.15) is 12.2 Å². The Kier molecular flexibility index (Phi) is 4.24. The minimum Gasteiger partial charge on any atom is -0.395 e. The highest BCUT2D eigenvalue weighted by molar-refractivity contribution is 4.93. The Labute approximate surface area is 82.0 Å². The van der Waals surface area contributed by atoms with Crippen LogP contribution >= 0.6 is 0 Å². The van der Waals surface area contributed by atoms with Crippen LogP contribution in [-0.2, 0) is 0 Å². The van der Waals surface area contributed by atoms with Gasteiger partial charge in [-0.3, -0.25) is 4.90 Å². The maximum Gasteiger partial charge on any atom is 0.109 e. The molecule has 0 bridgehead atoms. The Morgan fingerprint density at radius 1 is 1.07 bits per heavy atom. The number of aliphatic hydroxyl groups excluding tert-OH is 5. The predicted molar refractivity (Wildman–Crippen MR) is 47.6 cm³/mol. The molecule has 6 heteroatoms. The summed E-state index contributed by atoms with van der Waals surface area (Å²) < 4.78 is 0. The van der Waals surface area contributed by atoms with Crippen LogP contribution in [0.25, 0.3) is 0 Å². The number of β-amino-alcohol motifs (C(OH)–C–C–N with tert-alkyl or cyclic N) is 2. The van der Waals surface area contributed by atoms with E-state index in [1.54, 1.807) is 4.90 Å². The van der Waals surface area contributed by atoms with E-state index in [0.717, 1.165) is 0 Å². The summed E-state index contributed by atoms with van der Waals surface area (Å²) in [5, 5.41) is 45.9. The molecule has 2 unspecified atom stereocenters. The molecule has 84 valence electrons. The Hall–Kier alpha value is -0.240. The van der Waals surface area contributed by atoms with Gasteiger partial charge in [-0.15, -0.1) is 0 Å². The predicted octanol–water partition coefficient (Wildman–Crippen LogP) is -3.26. The third kappa shape index (κ3) is 2.22. The first kappa shape index (κ1) is 11.8. The fourth-order valence-electron chi connectivity index (χ4n) is 1.76. The summed E-state index contributed by atoms with van der Waals surface area (Å²) in [4.78, 5) is 1.56. The van der Waals surface area contributed by atoms with Gasteiger partial charge in [0.2, 0.25) is 0 Å². The van der Waals surface area contributed by atoms with Crippen molar-refractivity contribution in [3.05, 3.63) is 0 Å². The van der Waals surface area contributed by atoms with Crippen LogP contribution in [0.5, 0.6) is 0 Å². The van der Waals surface area contributed by atoms with E-state index < -0.39 is 24.4 Å². The molecular formula is C8H17NO5. The van der Waals surface area contributed by atoms with E-state index in [9.17, 15) is 15.3 Å². The minimum absolute atomic E-state index is 0.119. The van der Waals surface area contributed by atoms with E-state index in [2.05, 4.69) is 0 Å². The number of piperidine rings is 1. The lowest BCUT2D eigenvalue weighted by atomic mass is 9.94. The van der Waals surface area contributed by atoms with Crippen LogP contribution in [0.3, 0.4) is 0 Å². The lowest BCUT2D eigenvalue weighted by Crippen LogP contribution is -2.62. The topological polar surface area (TPSA) is 104 Å². The van der Waals surface area contributed by atoms with Crippen molar-refractivity contribution in [2.75, 3.05) is 26.3 Å². The van der Waals surface area contributed by atoms with E-state index in [1.165, 1.54) is 0 Å². The van der Waals surface area contributed by atoms with E-state index in [-0.39, 0.29) is 26.3 Å².